The van der Waals surface area contributed by atoms with Gasteiger partial charge in [-0.05, 0) is 19.1 Å². The zero-order valence-electron chi connectivity index (χ0n) is 8.88. The van der Waals surface area contributed by atoms with Crippen LogP contribution in [0.3, 0.4) is 0 Å². The Labute approximate surface area is 98.6 Å². The highest BCUT2D eigenvalue weighted by Gasteiger charge is 2.18. The molecular formula is C11H12ClNO3. The van der Waals surface area contributed by atoms with Gasteiger partial charge in [0.25, 0.3) is 0 Å². The maximum Gasteiger partial charge on any atom is 0.213 e. The number of fused-ring (bicyclic) bond motifs is 1. The molecule has 0 bridgehead atoms. The summed E-state index contributed by atoms with van der Waals surface area (Å²) in [5.74, 6) is 1.19. The molecule has 1 heterocycles. The number of nitrogens with one attached hydrogen (secondary N) is 1. The lowest BCUT2D eigenvalue weighted by Crippen LogP contribution is -2.16. The summed E-state index contributed by atoms with van der Waals surface area (Å²) in [6.45, 7) is 3.27. The summed E-state index contributed by atoms with van der Waals surface area (Å²) in [4.78, 5) is 0. The molecule has 1 aliphatic heterocycles. The van der Waals surface area contributed by atoms with Crippen LogP contribution < -0.4 is 9.47 Å². The van der Waals surface area contributed by atoms with E-state index in [1.165, 1.54) is 0 Å². The van der Waals surface area contributed by atoms with Gasteiger partial charge in [-0.15, -0.1) is 0 Å². The predicted octanol–water partition coefficient (Wildman–Crippen LogP) is 2.47. The lowest BCUT2D eigenvalue weighted by molar-refractivity contribution is 0.171. The van der Waals surface area contributed by atoms with Crippen LogP contribution in [0.5, 0.6) is 11.5 Å². The van der Waals surface area contributed by atoms with Crippen molar-refractivity contribution in [3.8, 4) is 11.5 Å². The van der Waals surface area contributed by atoms with E-state index in [4.69, 9.17) is 31.2 Å². The molecule has 1 aliphatic rings. The standard InChI is InChI=1S/C11H12ClNO3/c1-2-14-11(13)7-5-8(12)10-9(6-7)15-3-4-16-10/h5-6,13H,2-4H2,1H3. The number of ether oxygens (including phenoxy) is 3. The van der Waals surface area contributed by atoms with E-state index in [2.05, 4.69) is 0 Å². The zero-order valence-corrected chi connectivity index (χ0v) is 9.63. The van der Waals surface area contributed by atoms with E-state index < -0.39 is 0 Å². The first-order valence-electron chi connectivity index (χ1n) is 5.03. The fraction of sp³-hybridized carbons (Fsp3) is 0.364. The molecule has 0 saturated heterocycles. The summed E-state index contributed by atoms with van der Waals surface area (Å²) < 4.78 is 15.9. The summed E-state index contributed by atoms with van der Waals surface area (Å²) in [6.07, 6.45) is 0. The molecule has 5 heteroatoms. The monoisotopic (exact) mass is 241 g/mol. The Kier molecular flexibility index (Phi) is 3.19. The number of halogens is 1. The van der Waals surface area contributed by atoms with E-state index in [9.17, 15) is 0 Å². The second-order valence-electron chi connectivity index (χ2n) is 3.24. The smallest absolute Gasteiger partial charge is 0.213 e. The Balaban J connectivity index is 2.35. The Morgan fingerprint density at radius 1 is 1.44 bits per heavy atom. The zero-order chi connectivity index (χ0) is 11.5. The van der Waals surface area contributed by atoms with Gasteiger partial charge in [0.05, 0.1) is 11.6 Å². The van der Waals surface area contributed by atoms with E-state index in [-0.39, 0.29) is 5.90 Å². The number of rotatable bonds is 2. The minimum Gasteiger partial charge on any atom is -0.486 e. The van der Waals surface area contributed by atoms with Crippen molar-refractivity contribution in [2.75, 3.05) is 19.8 Å². The van der Waals surface area contributed by atoms with E-state index >= 15 is 0 Å². The van der Waals surface area contributed by atoms with Gasteiger partial charge in [0.1, 0.15) is 13.2 Å². The summed E-state index contributed by atoms with van der Waals surface area (Å²) in [5, 5.41) is 8.11. The molecule has 1 aromatic carbocycles. The maximum atomic E-state index is 7.67. The summed E-state index contributed by atoms with van der Waals surface area (Å²) in [6, 6.07) is 3.35. The third-order valence-electron chi connectivity index (χ3n) is 2.15. The minimum atomic E-state index is 0.0846. The molecule has 16 heavy (non-hydrogen) atoms. The predicted molar refractivity (Wildman–Crippen MR) is 60.9 cm³/mol. The maximum absolute atomic E-state index is 7.67. The van der Waals surface area contributed by atoms with Crippen LogP contribution in [0.2, 0.25) is 5.02 Å². The molecule has 4 nitrogen and oxygen atoms in total. The molecule has 0 atom stereocenters. The Morgan fingerprint density at radius 3 is 2.94 bits per heavy atom. The molecule has 0 aromatic heterocycles. The third-order valence-corrected chi connectivity index (χ3v) is 2.43. The lowest BCUT2D eigenvalue weighted by atomic mass is 10.2. The van der Waals surface area contributed by atoms with E-state index in [0.717, 1.165) is 0 Å². The van der Waals surface area contributed by atoms with Crippen molar-refractivity contribution in [3.63, 3.8) is 0 Å². The van der Waals surface area contributed by atoms with Crippen molar-refractivity contribution in [1.82, 2.24) is 0 Å². The minimum absolute atomic E-state index is 0.0846. The molecule has 0 unspecified atom stereocenters. The fourth-order valence-corrected chi connectivity index (χ4v) is 1.73. The van der Waals surface area contributed by atoms with E-state index in [0.29, 0.717) is 41.9 Å². The van der Waals surface area contributed by atoms with Crippen LogP contribution in [-0.4, -0.2) is 25.7 Å². The highest BCUT2D eigenvalue weighted by molar-refractivity contribution is 6.32. The van der Waals surface area contributed by atoms with E-state index in [1.54, 1.807) is 12.1 Å². The molecule has 0 amide bonds. The average molecular weight is 242 g/mol. The van der Waals surface area contributed by atoms with Crippen LogP contribution in [0.4, 0.5) is 0 Å². The molecule has 86 valence electrons. The highest BCUT2D eigenvalue weighted by Crippen LogP contribution is 2.38. The van der Waals surface area contributed by atoms with Crippen LogP contribution in [-0.2, 0) is 4.74 Å². The molecule has 0 fully saturated rings. The van der Waals surface area contributed by atoms with Gasteiger partial charge in [0, 0.05) is 5.56 Å². The van der Waals surface area contributed by atoms with Gasteiger partial charge < -0.3 is 14.2 Å². The summed E-state index contributed by atoms with van der Waals surface area (Å²) in [5.41, 5.74) is 0.594. The topological polar surface area (TPSA) is 51.5 Å². The van der Waals surface area contributed by atoms with Crippen molar-refractivity contribution >= 4 is 17.5 Å². The van der Waals surface area contributed by atoms with Crippen LogP contribution in [0.1, 0.15) is 12.5 Å². The van der Waals surface area contributed by atoms with Gasteiger partial charge in [-0.2, -0.15) is 0 Å². The highest BCUT2D eigenvalue weighted by atomic mass is 35.5. The van der Waals surface area contributed by atoms with E-state index in [1.807, 2.05) is 6.92 Å². The average Bonchev–Trinajstić information content (AvgIpc) is 2.29. The first kappa shape index (κ1) is 11.1. The molecule has 1 aromatic rings. The van der Waals surface area contributed by atoms with Crippen molar-refractivity contribution < 1.29 is 14.2 Å². The molecule has 0 saturated carbocycles. The molecule has 0 radical (unpaired) electrons. The Bertz CT molecular complexity index is 420. The summed E-state index contributed by atoms with van der Waals surface area (Å²) >= 11 is 6.03. The first-order chi connectivity index (χ1) is 7.72. The van der Waals surface area contributed by atoms with Gasteiger partial charge in [0.2, 0.25) is 5.90 Å². The van der Waals surface area contributed by atoms with Crippen LogP contribution in [0, 0.1) is 5.41 Å². The SMILES string of the molecule is CCOC(=N)c1cc(Cl)c2c(c1)OCCO2. The molecular weight excluding hydrogens is 230 g/mol. The largest absolute Gasteiger partial charge is 0.486 e. The van der Waals surface area contributed by atoms with Crippen molar-refractivity contribution in [2.45, 2.75) is 6.92 Å². The molecule has 1 N–H and O–H groups in total. The van der Waals surface area contributed by atoms with Gasteiger partial charge in [-0.25, -0.2) is 0 Å². The Morgan fingerprint density at radius 2 is 2.19 bits per heavy atom. The van der Waals surface area contributed by atoms with Crippen molar-refractivity contribution in [2.24, 2.45) is 0 Å². The van der Waals surface area contributed by atoms with Crippen LogP contribution in [0.25, 0.3) is 0 Å². The molecule has 2 rings (SSSR count). The number of benzene rings is 1. The van der Waals surface area contributed by atoms with Gasteiger partial charge in [-0.1, -0.05) is 11.6 Å². The van der Waals surface area contributed by atoms with Gasteiger partial charge in [0.15, 0.2) is 11.5 Å². The molecule has 0 aliphatic carbocycles. The quantitative estimate of drug-likeness (QED) is 0.639. The summed E-state index contributed by atoms with van der Waals surface area (Å²) in [7, 11) is 0. The van der Waals surface area contributed by atoms with Gasteiger partial charge >= 0.3 is 0 Å². The van der Waals surface area contributed by atoms with Crippen LogP contribution >= 0.6 is 11.6 Å². The number of hydrogen-bond acceptors (Lipinski definition) is 4. The number of hydrogen-bond donors (Lipinski definition) is 1. The third kappa shape index (κ3) is 2.07. The van der Waals surface area contributed by atoms with Crippen molar-refractivity contribution in [3.05, 3.63) is 22.7 Å². The van der Waals surface area contributed by atoms with Crippen molar-refractivity contribution in [1.29, 1.82) is 5.41 Å². The fourth-order valence-electron chi connectivity index (χ4n) is 1.47. The lowest BCUT2D eigenvalue weighted by Gasteiger charge is -2.20. The van der Waals surface area contributed by atoms with Gasteiger partial charge in [-0.3, -0.25) is 5.41 Å². The second-order valence-corrected chi connectivity index (χ2v) is 3.65. The second kappa shape index (κ2) is 4.61. The van der Waals surface area contributed by atoms with Crippen LogP contribution in [0.15, 0.2) is 12.1 Å². The normalized spacial score (nSPS) is 13.4. The molecule has 0 spiro atoms. The first-order valence-corrected chi connectivity index (χ1v) is 5.41. The Hall–Kier alpha value is -1.42.